The number of carboxylic acid groups (broad SMARTS) is 2. The zero-order valence-corrected chi connectivity index (χ0v) is 18.1. The Labute approximate surface area is 191 Å². The van der Waals surface area contributed by atoms with Gasteiger partial charge in [-0.15, -0.1) is 0 Å². The standard InChI is InChI=1S/C16H25N3O.2C2HF3O2/c20-16-3-1-14(2-4-16)13-18-9-11-19(12-10-18)15-5-7-17-8-6-15;2*3-2(4,5)1(6)7/h5-8,14,16,20H,1-4,9-13H2;2*(H,6,7). The molecule has 194 valence electrons. The van der Waals surface area contributed by atoms with Gasteiger partial charge in [-0.2, -0.15) is 26.3 Å². The lowest BCUT2D eigenvalue weighted by molar-refractivity contribution is -0.193. The van der Waals surface area contributed by atoms with Crippen molar-refractivity contribution in [2.75, 3.05) is 37.6 Å². The van der Waals surface area contributed by atoms with Crippen molar-refractivity contribution in [3.63, 3.8) is 0 Å². The lowest BCUT2D eigenvalue weighted by atomic mass is 9.87. The third-order valence-corrected chi connectivity index (χ3v) is 5.22. The van der Waals surface area contributed by atoms with Gasteiger partial charge in [-0.25, -0.2) is 9.59 Å². The van der Waals surface area contributed by atoms with Crippen LogP contribution in [0.15, 0.2) is 24.5 Å². The van der Waals surface area contributed by atoms with Crippen LogP contribution in [0.4, 0.5) is 32.0 Å². The molecule has 8 nitrogen and oxygen atoms in total. The first-order chi connectivity index (χ1) is 15.7. The molecule has 2 fully saturated rings. The Bertz CT molecular complexity index is 723. The van der Waals surface area contributed by atoms with Crippen LogP contribution in [-0.2, 0) is 9.59 Å². The number of aliphatic carboxylic acids is 2. The number of halogens is 6. The summed E-state index contributed by atoms with van der Waals surface area (Å²) in [6.07, 6.45) is -2.06. The molecule has 14 heteroatoms. The number of alkyl halides is 6. The minimum Gasteiger partial charge on any atom is -0.475 e. The first-order valence-corrected chi connectivity index (χ1v) is 10.4. The number of carbonyl (C=O) groups is 2. The number of aliphatic hydroxyl groups excluding tert-OH is 1. The molecule has 0 amide bonds. The fourth-order valence-corrected chi connectivity index (χ4v) is 3.44. The van der Waals surface area contributed by atoms with Crippen LogP contribution in [0, 0.1) is 5.92 Å². The zero-order chi connectivity index (χ0) is 25.9. The number of pyridine rings is 1. The number of piperazine rings is 1. The van der Waals surface area contributed by atoms with Crippen LogP contribution in [0.3, 0.4) is 0 Å². The minimum absolute atomic E-state index is 0.0326. The van der Waals surface area contributed by atoms with Crippen molar-refractivity contribution in [2.45, 2.75) is 44.1 Å². The fraction of sp³-hybridized carbons (Fsp3) is 0.650. The molecule has 0 radical (unpaired) electrons. The van der Waals surface area contributed by atoms with Crippen molar-refractivity contribution in [1.82, 2.24) is 9.88 Å². The van der Waals surface area contributed by atoms with E-state index in [0.29, 0.717) is 0 Å². The van der Waals surface area contributed by atoms with Crippen LogP contribution in [0.5, 0.6) is 0 Å². The molecule has 0 aromatic carbocycles. The van der Waals surface area contributed by atoms with E-state index in [4.69, 9.17) is 19.8 Å². The molecule has 0 atom stereocenters. The van der Waals surface area contributed by atoms with Gasteiger partial charge >= 0.3 is 24.3 Å². The Hall–Kier alpha value is -2.61. The van der Waals surface area contributed by atoms with Crippen molar-refractivity contribution in [3.05, 3.63) is 24.5 Å². The maximum Gasteiger partial charge on any atom is 0.490 e. The third kappa shape index (κ3) is 11.5. The molecular weight excluding hydrogens is 476 g/mol. The molecule has 1 aromatic heterocycles. The van der Waals surface area contributed by atoms with E-state index < -0.39 is 24.3 Å². The highest BCUT2D eigenvalue weighted by atomic mass is 19.4. The summed E-state index contributed by atoms with van der Waals surface area (Å²) < 4.78 is 63.5. The quantitative estimate of drug-likeness (QED) is 0.540. The van der Waals surface area contributed by atoms with Crippen LogP contribution >= 0.6 is 0 Å². The van der Waals surface area contributed by atoms with E-state index in [2.05, 4.69) is 26.9 Å². The second-order valence-electron chi connectivity index (χ2n) is 7.77. The second-order valence-corrected chi connectivity index (χ2v) is 7.77. The normalized spacial score (nSPS) is 21.4. The Balaban J connectivity index is 0.000000343. The van der Waals surface area contributed by atoms with Crippen LogP contribution in [-0.4, -0.2) is 88.3 Å². The molecule has 1 aliphatic heterocycles. The minimum atomic E-state index is -5.08. The second kappa shape index (κ2) is 13.3. The van der Waals surface area contributed by atoms with E-state index >= 15 is 0 Å². The maximum absolute atomic E-state index is 10.6. The Kier molecular flexibility index (Phi) is 11.5. The molecule has 1 saturated heterocycles. The number of hydrogen-bond acceptors (Lipinski definition) is 6. The van der Waals surface area contributed by atoms with Crippen LogP contribution < -0.4 is 4.90 Å². The van der Waals surface area contributed by atoms with Crippen molar-refractivity contribution in [2.24, 2.45) is 5.92 Å². The van der Waals surface area contributed by atoms with Crippen molar-refractivity contribution in [1.29, 1.82) is 0 Å². The molecule has 1 saturated carbocycles. The number of anilines is 1. The van der Waals surface area contributed by atoms with E-state index in [-0.39, 0.29) is 6.10 Å². The molecule has 0 unspecified atom stereocenters. The van der Waals surface area contributed by atoms with Crippen molar-refractivity contribution < 1.29 is 51.3 Å². The number of rotatable bonds is 3. The lowest BCUT2D eigenvalue weighted by Gasteiger charge is -2.38. The van der Waals surface area contributed by atoms with E-state index in [1.165, 1.54) is 25.1 Å². The summed E-state index contributed by atoms with van der Waals surface area (Å²) in [5, 5.41) is 23.8. The molecule has 2 heterocycles. The van der Waals surface area contributed by atoms with Gasteiger partial charge in [-0.05, 0) is 43.7 Å². The van der Waals surface area contributed by atoms with Gasteiger partial charge in [0.05, 0.1) is 6.10 Å². The van der Waals surface area contributed by atoms with Gasteiger partial charge in [-0.3, -0.25) is 9.88 Å². The zero-order valence-electron chi connectivity index (χ0n) is 18.1. The molecule has 3 rings (SSSR count). The molecule has 1 aromatic rings. The molecular formula is C20H27F6N3O5. The monoisotopic (exact) mass is 503 g/mol. The molecule has 0 spiro atoms. The molecule has 1 aliphatic carbocycles. The van der Waals surface area contributed by atoms with Gasteiger partial charge in [0.2, 0.25) is 0 Å². The Morgan fingerprint density at radius 1 is 0.853 bits per heavy atom. The van der Waals surface area contributed by atoms with Crippen LogP contribution in [0.25, 0.3) is 0 Å². The number of nitrogens with zero attached hydrogens (tertiary/aromatic N) is 3. The maximum atomic E-state index is 10.6. The van der Waals surface area contributed by atoms with Crippen molar-refractivity contribution >= 4 is 17.6 Å². The van der Waals surface area contributed by atoms with Gasteiger partial charge in [0.1, 0.15) is 0 Å². The van der Waals surface area contributed by atoms with Crippen LogP contribution in [0.2, 0.25) is 0 Å². The summed E-state index contributed by atoms with van der Waals surface area (Å²) in [7, 11) is 0. The summed E-state index contributed by atoms with van der Waals surface area (Å²) in [6, 6.07) is 4.19. The van der Waals surface area contributed by atoms with Crippen molar-refractivity contribution in [3.8, 4) is 0 Å². The number of carboxylic acids is 2. The van der Waals surface area contributed by atoms with Gasteiger partial charge < -0.3 is 20.2 Å². The fourth-order valence-electron chi connectivity index (χ4n) is 3.44. The summed E-state index contributed by atoms with van der Waals surface area (Å²) in [5.41, 5.74) is 1.29. The number of aromatic nitrogens is 1. The topological polar surface area (TPSA) is 114 Å². The predicted molar refractivity (Wildman–Crippen MR) is 108 cm³/mol. The first kappa shape index (κ1) is 29.4. The Morgan fingerprint density at radius 3 is 1.65 bits per heavy atom. The highest BCUT2D eigenvalue weighted by Gasteiger charge is 2.38. The van der Waals surface area contributed by atoms with Crippen LogP contribution in [0.1, 0.15) is 25.7 Å². The van der Waals surface area contributed by atoms with Gasteiger partial charge in [-0.1, -0.05) is 0 Å². The summed E-state index contributed by atoms with van der Waals surface area (Å²) in [5.74, 6) is -4.72. The first-order valence-electron chi connectivity index (χ1n) is 10.4. The average Bonchev–Trinajstić information content (AvgIpc) is 2.76. The van der Waals surface area contributed by atoms with Gasteiger partial charge in [0, 0.05) is 50.8 Å². The summed E-state index contributed by atoms with van der Waals surface area (Å²) >= 11 is 0. The summed E-state index contributed by atoms with van der Waals surface area (Å²) in [4.78, 5) is 26.9. The number of hydrogen-bond donors (Lipinski definition) is 3. The van der Waals surface area contributed by atoms with E-state index in [9.17, 15) is 31.4 Å². The largest absolute Gasteiger partial charge is 0.490 e. The smallest absolute Gasteiger partial charge is 0.475 e. The predicted octanol–water partition coefficient (Wildman–Crippen LogP) is 3.02. The number of aliphatic hydroxyl groups is 1. The Morgan fingerprint density at radius 2 is 1.26 bits per heavy atom. The molecule has 34 heavy (non-hydrogen) atoms. The molecule has 0 bridgehead atoms. The highest BCUT2D eigenvalue weighted by molar-refractivity contribution is 5.73. The highest BCUT2D eigenvalue weighted by Crippen LogP contribution is 2.25. The third-order valence-electron chi connectivity index (χ3n) is 5.22. The molecule has 2 aliphatic rings. The van der Waals surface area contributed by atoms with Gasteiger partial charge in [0.25, 0.3) is 0 Å². The molecule has 3 N–H and O–H groups in total. The van der Waals surface area contributed by atoms with E-state index in [1.807, 2.05) is 12.4 Å². The average molecular weight is 503 g/mol. The van der Waals surface area contributed by atoms with E-state index in [0.717, 1.165) is 44.9 Å². The lowest BCUT2D eigenvalue weighted by Crippen LogP contribution is -2.48. The SMILES string of the molecule is O=C(O)C(F)(F)F.O=C(O)C(F)(F)F.OC1CCC(CN2CCN(c3ccncc3)CC2)CC1. The van der Waals surface area contributed by atoms with E-state index in [1.54, 1.807) is 0 Å². The van der Waals surface area contributed by atoms with Gasteiger partial charge in [0.15, 0.2) is 0 Å². The summed E-state index contributed by atoms with van der Waals surface area (Å²) in [6.45, 7) is 5.75.